The summed E-state index contributed by atoms with van der Waals surface area (Å²) in [6.07, 6.45) is -1.02. The minimum absolute atomic E-state index is 0.0297. The molecule has 94 valence electrons. The highest BCUT2D eigenvalue weighted by atomic mass is 16.6. The van der Waals surface area contributed by atoms with Crippen LogP contribution in [0.2, 0.25) is 0 Å². The summed E-state index contributed by atoms with van der Waals surface area (Å²) in [5.74, 6) is 5.34. The summed E-state index contributed by atoms with van der Waals surface area (Å²) >= 11 is 0. The molecule has 0 spiro atoms. The van der Waals surface area contributed by atoms with Crippen LogP contribution in [0.1, 0.15) is 0 Å². The van der Waals surface area contributed by atoms with E-state index >= 15 is 0 Å². The maximum Gasteiger partial charge on any atom is 0.311 e. The molecule has 1 heterocycles. The molecule has 0 radical (unpaired) electrons. The molecule has 0 aliphatic carbocycles. The van der Waals surface area contributed by atoms with Gasteiger partial charge < -0.3 is 21.0 Å². The number of pyridine rings is 1. The summed E-state index contributed by atoms with van der Waals surface area (Å²) in [6, 6.07) is 2.58. The summed E-state index contributed by atoms with van der Waals surface area (Å²) in [5.41, 5.74) is 2.01. The molecule has 1 rings (SSSR count). The van der Waals surface area contributed by atoms with Crippen LogP contribution in [-0.4, -0.2) is 39.4 Å². The molecule has 0 bridgehead atoms. The average Bonchev–Trinajstić information content (AvgIpc) is 2.35. The van der Waals surface area contributed by atoms with Gasteiger partial charge in [0, 0.05) is 12.6 Å². The van der Waals surface area contributed by atoms with Crippen LogP contribution in [-0.2, 0) is 0 Å². The number of hydrogen-bond acceptors (Lipinski definition) is 8. The number of nitro groups is 1. The second-order valence-corrected chi connectivity index (χ2v) is 3.18. The number of nitrogens with zero attached hydrogens (tertiary/aromatic N) is 2. The predicted octanol–water partition coefficient (Wildman–Crippen LogP) is -0.960. The van der Waals surface area contributed by atoms with Crippen LogP contribution >= 0.6 is 0 Å². The van der Waals surface area contributed by atoms with E-state index in [4.69, 9.17) is 16.1 Å². The van der Waals surface area contributed by atoms with E-state index in [0.717, 1.165) is 0 Å². The number of hydrazine groups is 1. The summed E-state index contributed by atoms with van der Waals surface area (Å²) in [6.45, 7) is -0.506. The van der Waals surface area contributed by atoms with E-state index in [1.807, 2.05) is 0 Å². The third-order valence-electron chi connectivity index (χ3n) is 1.93. The monoisotopic (exact) mass is 243 g/mol. The Morgan fingerprint density at radius 3 is 2.82 bits per heavy atom. The minimum atomic E-state index is -1.02. The summed E-state index contributed by atoms with van der Waals surface area (Å²) in [5, 5.41) is 31.0. The van der Waals surface area contributed by atoms with E-state index < -0.39 is 17.6 Å². The number of aromatic nitrogens is 1. The number of hydrogen-bond donors (Lipinski definition) is 5. The van der Waals surface area contributed by atoms with Gasteiger partial charge in [-0.25, -0.2) is 10.8 Å². The van der Waals surface area contributed by atoms with Gasteiger partial charge in [0.2, 0.25) is 5.82 Å². The number of nitrogens with two attached hydrogens (primary N) is 1. The summed E-state index contributed by atoms with van der Waals surface area (Å²) in [7, 11) is 0. The highest BCUT2D eigenvalue weighted by Gasteiger charge is 2.16. The van der Waals surface area contributed by atoms with Gasteiger partial charge in [-0.1, -0.05) is 0 Å². The van der Waals surface area contributed by atoms with E-state index in [0.29, 0.717) is 0 Å². The Morgan fingerprint density at radius 1 is 1.59 bits per heavy atom. The molecule has 1 aromatic rings. The van der Waals surface area contributed by atoms with Crippen molar-refractivity contribution in [2.45, 2.75) is 6.10 Å². The van der Waals surface area contributed by atoms with Crippen LogP contribution in [0, 0.1) is 10.1 Å². The molecule has 1 atom stereocenters. The molecule has 1 unspecified atom stereocenters. The molecule has 0 aliphatic heterocycles. The molecule has 9 heteroatoms. The standard InChI is InChI=1S/C8H13N5O4/c9-12-7-2-1-6(13(16)17)8(11-7)10-3-5(15)4-14/h1-2,5,14-15H,3-4,9H2,(H2,10,11,12). The first-order chi connectivity index (χ1) is 8.08. The Balaban J connectivity index is 2.89. The van der Waals surface area contributed by atoms with Gasteiger partial charge in [-0.3, -0.25) is 10.1 Å². The third kappa shape index (κ3) is 3.52. The van der Waals surface area contributed by atoms with Crippen LogP contribution < -0.4 is 16.6 Å². The lowest BCUT2D eigenvalue weighted by molar-refractivity contribution is -0.384. The average molecular weight is 243 g/mol. The van der Waals surface area contributed by atoms with E-state index in [1.54, 1.807) is 0 Å². The zero-order chi connectivity index (χ0) is 12.8. The Labute approximate surface area is 96.4 Å². The van der Waals surface area contributed by atoms with Crippen molar-refractivity contribution in [2.75, 3.05) is 23.9 Å². The molecule has 9 nitrogen and oxygen atoms in total. The van der Waals surface area contributed by atoms with Crippen LogP contribution in [0.25, 0.3) is 0 Å². The van der Waals surface area contributed by atoms with Crippen LogP contribution in [0.15, 0.2) is 12.1 Å². The number of nitrogen functional groups attached to an aromatic ring is 1. The van der Waals surface area contributed by atoms with Gasteiger partial charge in [0.1, 0.15) is 5.82 Å². The molecule has 0 fully saturated rings. The fraction of sp³-hybridized carbons (Fsp3) is 0.375. The maximum absolute atomic E-state index is 10.7. The highest BCUT2D eigenvalue weighted by molar-refractivity contribution is 5.59. The molecule has 6 N–H and O–H groups in total. The first-order valence-electron chi connectivity index (χ1n) is 4.73. The van der Waals surface area contributed by atoms with Gasteiger partial charge in [0.05, 0.1) is 17.6 Å². The smallest absolute Gasteiger partial charge is 0.311 e. The van der Waals surface area contributed by atoms with Gasteiger partial charge in [-0.05, 0) is 6.07 Å². The van der Waals surface area contributed by atoms with Crippen molar-refractivity contribution >= 4 is 17.3 Å². The lowest BCUT2D eigenvalue weighted by Gasteiger charge is -2.10. The number of aliphatic hydroxyl groups excluding tert-OH is 2. The van der Waals surface area contributed by atoms with Crippen molar-refractivity contribution in [1.29, 1.82) is 0 Å². The molecule has 0 saturated heterocycles. The molecule has 0 aliphatic rings. The summed E-state index contributed by atoms with van der Waals surface area (Å²) in [4.78, 5) is 13.9. The first-order valence-corrected chi connectivity index (χ1v) is 4.73. The number of aliphatic hydroxyl groups is 2. The van der Waals surface area contributed by atoms with Gasteiger partial charge in [-0.15, -0.1) is 0 Å². The normalized spacial score (nSPS) is 11.9. The van der Waals surface area contributed by atoms with E-state index in [-0.39, 0.29) is 23.9 Å². The predicted molar refractivity (Wildman–Crippen MR) is 60.3 cm³/mol. The van der Waals surface area contributed by atoms with Gasteiger partial charge >= 0.3 is 5.69 Å². The van der Waals surface area contributed by atoms with E-state index in [1.165, 1.54) is 12.1 Å². The fourth-order valence-corrected chi connectivity index (χ4v) is 1.09. The van der Waals surface area contributed by atoms with Crippen molar-refractivity contribution in [2.24, 2.45) is 5.84 Å². The third-order valence-corrected chi connectivity index (χ3v) is 1.93. The molecule has 0 aromatic carbocycles. The largest absolute Gasteiger partial charge is 0.394 e. The Bertz CT molecular complexity index is 400. The second kappa shape index (κ2) is 5.94. The topological polar surface area (TPSA) is 147 Å². The van der Waals surface area contributed by atoms with E-state index in [9.17, 15) is 10.1 Å². The fourth-order valence-electron chi connectivity index (χ4n) is 1.09. The zero-order valence-electron chi connectivity index (χ0n) is 8.83. The molecule has 17 heavy (non-hydrogen) atoms. The minimum Gasteiger partial charge on any atom is -0.394 e. The molecular weight excluding hydrogens is 230 g/mol. The lowest BCUT2D eigenvalue weighted by atomic mass is 10.3. The lowest BCUT2D eigenvalue weighted by Crippen LogP contribution is -2.24. The van der Waals surface area contributed by atoms with Crippen molar-refractivity contribution in [1.82, 2.24) is 4.98 Å². The molecule has 0 saturated carbocycles. The summed E-state index contributed by atoms with van der Waals surface area (Å²) < 4.78 is 0. The van der Waals surface area contributed by atoms with E-state index in [2.05, 4.69) is 15.7 Å². The van der Waals surface area contributed by atoms with Crippen molar-refractivity contribution in [3.8, 4) is 0 Å². The van der Waals surface area contributed by atoms with Gasteiger partial charge in [0.25, 0.3) is 0 Å². The molecule has 0 amide bonds. The number of nitrogens with one attached hydrogen (secondary N) is 2. The van der Waals surface area contributed by atoms with Crippen molar-refractivity contribution < 1.29 is 15.1 Å². The first kappa shape index (κ1) is 13.1. The molecular formula is C8H13N5O4. The Morgan fingerprint density at radius 2 is 2.29 bits per heavy atom. The van der Waals surface area contributed by atoms with Gasteiger partial charge in [0.15, 0.2) is 0 Å². The zero-order valence-corrected chi connectivity index (χ0v) is 8.83. The highest BCUT2D eigenvalue weighted by Crippen LogP contribution is 2.23. The Kier molecular flexibility index (Phi) is 4.57. The number of anilines is 2. The van der Waals surface area contributed by atoms with Crippen molar-refractivity contribution in [3.05, 3.63) is 22.2 Å². The van der Waals surface area contributed by atoms with Crippen molar-refractivity contribution in [3.63, 3.8) is 0 Å². The van der Waals surface area contributed by atoms with Crippen LogP contribution in [0.4, 0.5) is 17.3 Å². The SMILES string of the molecule is NNc1ccc([N+](=O)[O-])c(NCC(O)CO)n1. The Hall–Kier alpha value is -1.97. The van der Waals surface area contributed by atoms with Crippen LogP contribution in [0.5, 0.6) is 0 Å². The number of rotatable bonds is 6. The molecule has 1 aromatic heterocycles. The van der Waals surface area contributed by atoms with Crippen LogP contribution in [0.3, 0.4) is 0 Å². The van der Waals surface area contributed by atoms with Gasteiger partial charge in [-0.2, -0.15) is 0 Å². The quantitative estimate of drug-likeness (QED) is 0.244. The second-order valence-electron chi connectivity index (χ2n) is 3.18. The maximum atomic E-state index is 10.7.